The summed E-state index contributed by atoms with van der Waals surface area (Å²) in [6, 6.07) is 1.32. The minimum Gasteiger partial charge on any atom is -0.370 e. The molecule has 0 saturated carbocycles. The number of aliphatic imine (C=N–C) groups is 1. The molecule has 0 fully saturated rings. The van der Waals surface area contributed by atoms with Crippen LogP contribution in [0.3, 0.4) is 0 Å². The average molecular weight is 326 g/mol. The van der Waals surface area contributed by atoms with Crippen molar-refractivity contribution in [2.45, 2.75) is 18.4 Å². The summed E-state index contributed by atoms with van der Waals surface area (Å²) in [5, 5.41) is 5.67. The van der Waals surface area contributed by atoms with E-state index in [9.17, 15) is 9.59 Å². The van der Waals surface area contributed by atoms with E-state index in [0.29, 0.717) is 23.3 Å². The van der Waals surface area contributed by atoms with Gasteiger partial charge in [-0.15, -0.1) is 0 Å². The molecular weight excluding hydrogens is 314 g/mol. The summed E-state index contributed by atoms with van der Waals surface area (Å²) in [6.07, 6.45) is 0.648. The van der Waals surface area contributed by atoms with Crippen LogP contribution in [0, 0.1) is 0 Å². The number of nitrogens with one attached hydrogen (secondary N) is 3. The third-order valence-electron chi connectivity index (χ3n) is 3.39. The van der Waals surface area contributed by atoms with Crippen LogP contribution in [0.5, 0.6) is 0 Å². The molecule has 19 heavy (non-hydrogen) atoms. The molecule has 0 aromatic carbocycles. The Bertz CT molecular complexity index is 594. The Labute approximate surface area is 117 Å². The monoisotopic (exact) mass is 325 g/mol. The molecule has 0 radical (unpaired) electrons. The normalized spacial score (nSPS) is 26.3. The highest BCUT2D eigenvalue weighted by molar-refractivity contribution is 9.10. The van der Waals surface area contributed by atoms with Crippen LogP contribution < -0.4 is 16.4 Å². The maximum absolute atomic E-state index is 11.9. The predicted octanol–water partition coefficient (Wildman–Crippen LogP) is -0.193. The number of carbonyl (C=O) groups is 2. The third-order valence-corrected chi connectivity index (χ3v) is 3.81. The van der Waals surface area contributed by atoms with Crippen LogP contribution in [0.15, 0.2) is 15.7 Å². The molecule has 3 heterocycles. The van der Waals surface area contributed by atoms with Crippen molar-refractivity contribution in [2.24, 2.45) is 10.7 Å². The first-order valence-corrected chi connectivity index (χ1v) is 6.66. The Kier molecular flexibility index (Phi) is 2.81. The largest absolute Gasteiger partial charge is 0.370 e. The van der Waals surface area contributed by atoms with Gasteiger partial charge in [0.25, 0.3) is 11.8 Å². The number of rotatable bonds is 1. The number of carbonyl (C=O) groups excluding carboxylic acids is 2. The van der Waals surface area contributed by atoms with E-state index in [0.717, 1.165) is 5.56 Å². The summed E-state index contributed by atoms with van der Waals surface area (Å²) in [6.45, 7) is 0.509. The highest BCUT2D eigenvalue weighted by Gasteiger charge is 2.37. The van der Waals surface area contributed by atoms with Gasteiger partial charge in [0.1, 0.15) is 11.7 Å². The molecule has 5 N–H and O–H groups in total. The molecule has 100 valence electrons. The number of guanidine groups is 1. The summed E-state index contributed by atoms with van der Waals surface area (Å²) in [4.78, 5) is 30.4. The zero-order chi connectivity index (χ0) is 13.6. The van der Waals surface area contributed by atoms with Crippen LogP contribution in [0.25, 0.3) is 0 Å². The number of nitrogens with zero attached hydrogens (tertiary/aromatic N) is 1. The van der Waals surface area contributed by atoms with E-state index >= 15 is 0 Å². The second-order valence-electron chi connectivity index (χ2n) is 4.56. The maximum atomic E-state index is 11.9. The molecule has 7 nitrogen and oxygen atoms in total. The van der Waals surface area contributed by atoms with Crippen molar-refractivity contribution < 1.29 is 9.59 Å². The molecule has 2 aliphatic heterocycles. The Balaban J connectivity index is 2.00. The fourth-order valence-corrected chi connectivity index (χ4v) is 3.01. The van der Waals surface area contributed by atoms with Gasteiger partial charge in [-0.25, -0.2) is 0 Å². The van der Waals surface area contributed by atoms with Gasteiger partial charge >= 0.3 is 0 Å². The number of aromatic amines is 1. The van der Waals surface area contributed by atoms with Crippen molar-refractivity contribution in [2.75, 3.05) is 6.54 Å². The van der Waals surface area contributed by atoms with Crippen molar-refractivity contribution in [3.63, 3.8) is 0 Å². The Morgan fingerprint density at radius 2 is 2.21 bits per heavy atom. The van der Waals surface area contributed by atoms with E-state index < -0.39 is 6.04 Å². The van der Waals surface area contributed by atoms with Gasteiger partial charge in [-0.3, -0.25) is 9.59 Å². The van der Waals surface area contributed by atoms with Crippen LogP contribution >= 0.6 is 15.9 Å². The molecule has 2 atom stereocenters. The topological polar surface area (TPSA) is 112 Å². The number of halogens is 1. The first-order valence-electron chi connectivity index (χ1n) is 5.87. The van der Waals surface area contributed by atoms with Gasteiger partial charge in [-0.05, 0) is 34.0 Å². The summed E-state index contributed by atoms with van der Waals surface area (Å²) in [5.41, 5.74) is 6.82. The Morgan fingerprint density at radius 3 is 2.89 bits per heavy atom. The third kappa shape index (κ3) is 2.01. The van der Waals surface area contributed by atoms with Crippen LogP contribution in [0.1, 0.15) is 28.4 Å². The van der Waals surface area contributed by atoms with Gasteiger partial charge in [-0.2, -0.15) is 4.99 Å². The van der Waals surface area contributed by atoms with Crippen LogP contribution in [0.4, 0.5) is 0 Å². The number of H-pyrrole nitrogens is 1. The minimum absolute atomic E-state index is 0.134. The molecule has 2 amide bonds. The van der Waals surface area contributed by atoms with E-state index in [1.165, 1.54) is 0 Å². The smallest absolute Gasteiger partial charge is 0.272 e. The van der Waals surface area contributed by atoms with Crippen LogP contribution in [-0.2, 0) is 4.79 Å². The molecule has 2 unspecified atom stereocenters. The maximum Gasteiger partial charge on any atom is 0.272 e. The van der Waals surface area contributed by atoms with Crippen molar-refractivity contribution in [1.82, 2.24) is 15.6 Å². The highest BCUT2D eigenvalue weighted by atomic mass is 79.9. The van der Waals surface area contributed by atoms with Crippen molar-refractivity contribution in [1.29, 1.82) is 0 Å². The van der Waals surface area contributed by atoms with Gasteiger partial charge in [0.2, 0.25) is 0 Å². The lowest BCUT2D eigenvalue weighted by atomic mass is 9.89. The first kappa shape index (κ1) is 12.2. The van der Waals surface area contributed by atoms with Crippen LogP contribution in [0.2, 0.25) is 0 Å². The Hall–Kier alpha value is -1.83. The zero-order valence-electron chi connectivity index (χ0n) is 9.87. The molecular formula is C11H12BrN5O2. The van der Waals surface area contributed by atoms with Gasteiger partial charge in [0.05, 0.1) is 4.60 Å². The highest BCUT2D eigenvalue weighted by Crippen LogP contribution is 2.32. The second kappa shape index (κ2) is 4.37. The van der Waals surface area contributed by atoms with E-state index in [1.54, 1.807) is 0 Å². The van der Waals surface area contributed by atoms with Crippen LogP contribution in [-0.4, -0.2) is 35.3 Å². The molecule has 0 saturated heterocycles. The summed E-state index contributed by atoms with van der Waals surface area (Å²) < 4.78 is 0.707. The van der Waals surface area contributed by atoms with Gasteiger partial charge in [0, 0.05) is 12.5 Å². The van der Waals surface area contributed by atoms with Crippen molar-refractivity contribution in [3.05, 3.63) is 21.9 Å². The van der Waals surface area contributed by atoms with Gasteiger partial charge in [-0.1, -0.05) is 0 Å². The lowest BCUT2D eigenvalue weighted by Crippen LogP contribution is -2.41. The van der Waals surface area contributed by atoms with Gasteiger partial charge < -0.3 is 21.4 Å². The zero-order valence-corrected chi connectivity index (χ0v) is 11.5. The standard InChI is InChI=1S/C11H12BrN5O2/c12-6-3-5-4(7-10(19)17-11(13)16-7)1-2-14-9(18)8(5)15-6/h3-4,7,15H,1-2H2,(H,14,18)(H3,13,16,17,19). The summed E-state index contributed by atoms with van der Waals surface area (Å²) >= 11 is 3.31. The molecule has 0 aliphatic carbocycles. The summed E-state index contributed by atoms with van der Waals surface area (Å²) in [7, 11) is 0. The molecule has 2 aliphatic rings. The van der Waals surface area contributed by atoms with E-state index in [1.807, 2.05) is 6.07 Å². The molecule has 0 bridgehead atoms. The lowest BCUT2D eigenvalue weighted by molar-refractivity contribution is -0.119. The second-order valence-corrected chi connectivity index (χ2v) is 5.41. The molecule has 3 rings (SSSR count). The van der Waals surface area contributed by atoms with Crippen molar-refractivity contribution in [3.8, 4) is 0 Å². The number of aromatic nitrogens is 1. The molecule has 8 heteroatoms. The lowest BCUT2D eigenvalue weighted by Gasteiger charge is -2.20. The number of hydrogen-bond acceptors (Lipinski definition) is 4. The van der Waals surface area contributed by atoms with E-state index in [2.05, 4.69) is 36.5 Å². The molecule has 1 aromatic heterocycles. The van der Waals surface area contributed by atoms with E-state index in [-0.39, 0.29) is 23.7 Å². The number of nitrogens with two attached hydrogens (primary N) is 1. The number of amides is 2. The average Bonchev–Trinajstić information content (AvgIpc) is 2.84. The first-order chi connectivity index (χ1) is 9.06. The Morgan fingerprint density at radius 1 is 1.42 bits per heavy atom. The quantitative estimate of drug-likeness (QED) is 0.573. The molecule has 1 aromatic rings. The van der Waals surface area contributed by atoms with Gasteiger partial charge in [0.15, 0.2) is 5.96 Å². The minimum atomic E-state index is -0.505. The van der Waals surface area contributed by atoms with E-state index in [4.69, 9.17) is 5.73 Å². The number of hydrogen-bond donors (Lipinski definition) is 4. The van der Waals surface area contributed by atoms with Crippen molar-refractivity contribution >= 4 is 33.7 Å². The summed E-state index contributed by atoms with van der Waals surface area (Å²) in [5.74, 6) is -0.467. The molecule has 0 spiro atoms. The SMILES string of the molecule is NC1=NC(=O)C(C2CCNC(=O)c3[nH]c(Br)cc32)N1. The predicted molar refractivity (Wildman–Crippen MR) is 71.7 cm³/mol. The fourth-order valence-electron chi connectivity index (χ4n) is 2.56. The number of fused-ring (bicyclic) bond motifs is 1. The fraction of sp³-hybridized carbons (Fsp3) is 0.364.